The largest absolute Gasteiger partial charge is 0.355 e. The fourth-order valence-corrected chi connectivity index (χ4v) is 3.85. The fourth-order valence-electron chi connectivity index (χ4n) is 3.85. The predicted octanol–water partition coefficient (Wildman–Crippen LogP) is 2.09. The lowest BCUT2D eigenvalue weighted by Gasteiger charge is -2.40. The molecule has 0 spiro atoms. The van der Waals surface area contributed by atoms with Crippen LogP contribution in [0, 0.1) is 0 Å². The molecule has 2 aliphatic heterocycles. The van der Waals surface area contributed by atoms with E-state index in [1.807, 2.05) is 61.5 Å². The molecule has 146 valence electrons. The van der Waals surface area contributed by atoms with Gasteiger partial charge in [0, 0.05) is 33.5 Å². The highest BCUT2D eigenvalue weighted by atomic mass is 16.2. The third-order valence-corrected chi connectivity index (χ3v) is 5.32. The van der Waals surface area contributed by atoms with Crippen LogP contribution in [0.4, 0.5) is 17.5 Å². The molecule has 2 unspecified atom stereocenters. The predicted molar refractivity (Wildman–Crippen MR) is 110 cm³/mol. The van der Waals surface area contributed by atoms with Crippen molar-refractivity contribution < 1.29 is 4.79 Å². The normalized spacial score (nSPS) is 21.5. The average molecular weight is 379 g/mol. The summed E-state index contributed by atoms with van der Waals surface area (Å²) in [5.41, 5.74) is 4.98. The Morgan fingerprint density at radius 3 is 2.57 bits per heavy atom. The summed E-state index contributed by atoms with van der Waals surface area (Å²) in [7, 11) is 5.62. The van der Waals surface area contributed by atoms with E-state index in [2.05, 4.69) is 27.4 Å². The zero-order valence-electron chi connectivity index (χ0n) is 16.6. The van der Waals surface area contributed by atoms with Gasteiger partial charge < -0.3 is 9.80 Å². The van der Waals surface area contributed by atoms with E-state index in [4.69, 9.17) is 4.98 Å². The number of benzene rings is 1. The van der Waals surface area contributed by atoms with Gasteiger partial charge in [-0.2, -0.15) is 4.98 Å². The number of nitrogens with one attached hydrogen (secondary N) is 1. The lowest BCUT2D eigenvalue weighted by Crippen LogP contribution is -2.56. The number of anilines is 3. The number of hydrazine groups is 1. The summed E-state index contributed by atoms with van der Waals surface area (Å²) in [5.74, 6) is 1.32. The number of aromatic nitrogens is 2. The highest BCUT2D eigenvalue weighted by Crippen LogP contribution is 2.37. The summed E-state index contributed by atoms with van der Waals surface area (Å²) in [4.78, 5) is 27.9. The molecule has 0 fully saturated rings. The number of hydrogen-bond donors (Lipinski definition) is 1. The first-order chi connectivity index (χ1) is 13.6. The lowest BCUT2D eigenvalue weighted by molar-refractivity contribution is -0.120. The molecule has 0 bridgehead atoms. The molecule has 8 nitrogen and oxygen atoms in total. The minimum Gasteiger partial charge on any atom is -0.355 e. The van der Waals surface area contributed by atoms with Crippen LogP contribution in [0.5, 0.6) is 0 Å². The molecular weight excluding hydrogens is 354 g/mol. The average Bonchev–Trinajstić information content (AvgIpc) is 3.12. The monoisotopic (exact) mass is 379 g/mol. The molecule has 3 heterocycles. The zero-order chi connectivity index (χ0) is 19.8. The fraction of sp³-hybridized carbons (Fsp3) is 0.350. The molecule has 2 aliphatic rings. The summed E-state index contributed by atoms with van der Waals surface area (Å²) in [6.07, 6.45) is 6.38. The maximum Gasteiger partial charge on any atom is 0.251 e. The van der Waals surface area contributed by atoms with Crippen molar-refractivity contribution in [3.63, 3.8) is 0 Å². The molecule has 0 aliphatic carbocycles. The number of carbonyl (C=O) groups excluding carboxylic acids is 1. The van der Waals surface area contributed by atoms with Crippen molar-refractivity contribution in [2.45, 2.75) is 25.6 Å². The van der Waals surface area contributed by atoms with E-state index in [1.54, 1.807) is 18.1 Å². The quantitative estimate of drug-likeness (QED) is 0.872. The van der Waals surface area contributed by atoms with Gasteiger partial charge in [-0.05, 0) is 12.0 Å². The Bertz CT molecular complexity index is 901. The molecule has 28 heavy (non-hydrogen) atoms. The molecule has 1 amide bonds. The minimum absolute atomic E-state index is 0.0211. The van der Waals surface area contributed by atoms with Gasteiger partial charge in [0.05, 0.1) is 6.20 Å². The lowest BCUT2D eigenvalue weighted by atomic mass is 10.1. The van der Waals surface area contributed by atoms with E-state index >= 15 is 0 Å². The van der Waals surface area contributed by atoms with E-state index in [9.17, 15) is 4.79 Å². The molecule has 1 N–H and O–H groups in total. The number of likely N-dealkylation sites (N-methyl/N-ethyl adjacent to an activating group) is 1. The highest BCUT2D eigenvalue weighted by molar-refractivity contribution is 6.04. The van der Waals surface area contributed by atoms with Crippen LogP contribution >= 0.6 is 0 Å². The third kappa shape index (κ3) is 2.77. The third-order valence-electron chi connectivity index (χ3n) is 5.32. The maximum absolute atomic E-state index is 12.7. The van der Waals surface area contributed by atoms with Crippen molar-refractivity contribution in [2.75, 3.05) is 36.0 Å². The van der Waals surface area contributed by atoms with Crippen LogP contribution in [-0.2, 0) is 4.79 Å². The first kappa shape index (κ1) is 18.2. The van der Waals surface area contributed by atoms with Crippen LogP contribution in [-0.4, -0.2) is 48.0 Å². The Balaban J connectivity index is 1.76. The Morgan fingerprint density at radius 1 is 1.14 bits per heavy atom. The SMILES string of the molecule is CCC1C(=O)N(C)c2cnc(N3C=CN(C)C3c3ccccc3)nc2N1NC. The molecule has 1 aromatic heterocycles. The minimum atomic E-state index is -0.299. The van der Waals surface area contributed by atoms with Crippen LogP contribution in [0.3, 0.4) is 0 Å². The highest BCUT2D eigenvalue weighted by Gasteiger charge is 2.38. The summed E-state index contributed by atoms with van der Waals surface area (Å²) in [6, 6.07) is 9.96. The summed E-state index contributed by atoms with van der Waals surface area (Å²) >= 11 is 0. The Hall–Kier alpha value is -3.13. The van der Waals surface area contributed by atoms with Crippen LogP contribution in [0.15, 0.2) is 48.9 Å². The zero-order valence-corrected chi connectivity index (χ0v) is 16.6. The molecule has 0 radical (unpaired) electrons. The molecule has 0 saturated heterocycles. The van der Waals surface area contributed by atoms with Crippen molar-refractivity contribution in [1.82, 2.24) is 20.3 Å². The van der Waals surface area contributed by atoms with Crippen LogP contribution in [0.1, 0.15) is 25.1 Å². The summed E-state index contributed by atoms with van der Waals surface area (Å²) < 4.78 is 0. The topological polar surface area (TPSA) is 67.8 Å². The summed E-state index contributed by atoms with van der Waals surface area (Å²) in [6.45, 7) is 2.00. The van der Waals surface area contributed by atoms with Crippen molar-refractivity contribution in [3.05, 3.63) is 54.5 Å². The van der Waals surface area contributed by atoms with Crippen molar-refractivity contribution >= 4 is 23.4 Å². The Kier molecular flexibility index (Phi) is 4.64. The summed E-state index contributed by atoms with van der Waals surface area (Å²) in [5, 5.41) is 1.84. The van der Waals surface area contributed by atoms with Gasteiger partial charge in [-0.3, -0.25) is 14.7 Å². The number of nitrogens with zero attached hydrogens (tertiary/aromatic N) is 6. The maximum atomic E-state index is 12.7. The Morgan fingerprint density at radius 2 is 1.89 bits per heavy atom. The van der Waals surface area contributed by atoms with E-state index in [0.29, 0.717) is 23.9 Å². The number of hydrogen-bond acceptors (Lipinski definition) is 7. The molecule has 2 aromatic rings. The number of carbonyl (C=O) groups is 1. The Labute approximate surface area is 165 Å². The van der Waals surface area contributed by atoms with E-state index in [-0.39, 0.29) is 18.1 Å². The van der Waals surface area contributed by atoms with Crippen molar-refractivity contribution in [2.24, 2.45) is 0 Å². The molecular formula is C20H25N7O. The van der Waals surface area contributed by atoms with Gasteiger partial charge >= 0.3 is 0 Å². The van der Waals surface area contributed by atoms with Gasteiger partial charge in [0.15, 0.2) is 5.82 Å². The molecule has 2 atom stereocenters. The van der Waals surface area contributed by atoms with Crippen LogP contribution in [0.25, 0.3) is 0 Å². The van der Waals surface area contributed by atoms with Crippen molar-refractivity contribution in [1.29, 1.82) is 0 Å². The van der Waals surface area contributed by atoms with E-state index < -0.39 is 0 Å². The van der Waals surface area contributed by atoms with E-state index in [0.717, 1.165) is 5.56 Å². The molecule has 4 rings (SSSR count). The number of amides is 1. The number of rotatable bonds is 4. The second kappa shape index (κ2) is 7.12. The molecule has 8 heteroatoms. The van der Waals surface area contributed by atoms with Gasteiger partial charge in [0.2, 0.25) is 5.95 Å². The van der Waals surface area contributed by atoms with Crippen molar-refractivity contribution in [3.8, 4) is 0 Å². The second-order valence-corrected chi connectivity index (χ2v) is 6.95. The van der Waals surface area contributed by atoms with Gasteiger partial charge in [0.1, 0.15) is 17.9 Å². The van der Waals surface area contributed by atoms with Crippen LogP contribution in [0.2, 0.25) is 0 Å². The van der Waals surface area contributed by atoms with Gasteiger partial charge in [-0.15, -0.1) is 0 Å². The smallest absolute Gasteiger partial charge is 0.251 e. The number of fused-ring (bicyclic) bond motifs is 1. The standard InChI is InChI=1S/C20H25N7O/c1-5-15-19(28)25(4)16-13-22-20(23-17(16)27(15)21-2)26-12-11-24(3)18(26)14-9-7-6-8-10-14/h6-13,15,18,21H,5H2,1-4H3. The van der Waals surface area contributed by atoms with Crippen LogP contribution < -0.4 is 20.2 Å². The first-order valence-electron chi connectivity index (χ1n) is 9.41. The second-order valence-electron chi connectivity index (χ2n) is 6.95. The van der Waals surface area contributed by atoms with Gasteiger partial charge in [-0.1, -0.05) is 37.3 Å². The molecule has 0 saturated carbocycles. The van der Waals surface area contributed by atoms with E-state index in [1.165, 1.54) is 0 Å². The first-order valence-corrected chi connectivity index (χ1v) is 9.41. The van der Waals surface area contributed by atoms with Gasteiger partial charge in [0.25, 0.3) is 5.91 Å². The molecule has 1 aromatic carbocycles. The van der Waals surface area contributed by atoms with Gasteiger partial charge in [-0.25, -0.2) is 10.4 Å².